The van der Waals surface area contributed by atoms with Crippen molar-refractivity contribution in [3.05, 3.63) is 33.4 Å². The lowest BCUT2D eigenvalue weighted by atomic mass is 9.80. The zero-order valence-electron chi connectivity index (χ0n) is 11.9. The monoisotopic (exact) mass is 401 g/mol. The van der Waals surface area contributed by atoms with Crippen molar-refractivity contribution in [3.63, 3.8) is 0 Å². The maximum Gasteiger partial charge on any atom is 0.311 e. The summed E-state index contributed by atoms with van der Waals surface area (Å²) in [6, 6.07) is 7.30. The number of carbonyl (C=O) groups is 2. The van der Waals surface area contributed by atoms with Crippen LogP contribution in [0.4, 0.5) is 0 Å². The maximum absolute atomic E-state index is 12.2. The van der Waals surface area contributed by atoms with E-state index in [1.54, 1.807) is 12.1 Å². The van der Waals surface area contributed by atoms with E-state index in [0.29, 0.717) is 18.4 Å². The third-order valence-electron chi connectivity index (χ3n) is 4.19. The number of hydrogen-bond donors (Lipinski definition) is 2. The van der Waals surface area contributed by atoms with Gasteiger partial charge >= 0.3 is 5.97 Å². The summed E-state index contributed by atoms with van der Waals surface area (Å²) < 4.78 is 0.989. The summed E-state index contributed by atoms with van der Waals surface area (Å²) in [5, 5.41) is 12.4. The van der Waals surface area contributed by atoms with Crippen LogP contribution in [0.15, 0.2) is 24.3 Å². The third-order valence-corrected chi connectivity index (χ3v) is 4.86. The van der Waals surface area contributed by atoms with Gasteiger partial charge in [-0.2, -0.15) is 0 Å². The molecule has 2 rings (SSSR count). The first kappa shape index (κ1) is 16.3. The summed E-state index contributed by atoms with van der Waals surface area (Å²) in [7, 11) is 0. The molecule has 114 valence electrons. The summed E-state index contributed by atoms with van der Waals surface area (Å²) >= 11 is 2.15. The lowest BCUT2D eigenvalue weighted by molar-refractivity contribution is -0.149. The highest BCUT2D eigenvalue weighted by molar-refractivity contribution is 14.1. The van der Waals surface area contributed by atoms with Crippen molar-refractivity contribution in [2.75, 3.05) is 6.54 Å². The zero-order chi connectivity index (χ0) is 15.3. The number of hydrogen-bond acceptors (Lipinski definition) is 2. The molecule has 0 radical (unpaired) electrons. The average Bonchev–Trinajstić information content (AvgIpc) is 2.71. The first-order chi connectivity index (χ1) is 10.0. The van der Waals surface area contributed by atoms with Crippen molar-refractivity contribution in [1.82, 2.24) is 5.32 Å². The highest BCUT2D eigenvalue weighted by atomic mass is 127. The molecule has 21 heavy (non-hydrogen) atoms. The smallest absolute Gasteiger partial charge is 0.311 e. The molecule has 2 N–H and O–H groups in total. The Morgan fingerprint density at radius 1 is 1.19 bits per heavy atom. The highest BCUT2D eigenvalue weighted by Crippen LogP contribution is 2.34. The Morgan fingerprint density at radius 3 is 2.43 bits per heavy atom. The average molecular weight is 401 g/mol. The van der Waals surface area contributed by atoms with E-state index in [0.717, 1.165) is 29.3 Å². The van der Waals surface area contributed by atoms with Crippen molar-refractivity contribution < 1.29 is 14.7 Å². The second kappa shape index (κ2) is 7.24. The van der Waals surface area contributed by atoms with Crippen molar-refractivity contribution in [2.45, 2.75) is 38.5 Å². The van der Waals surface area contributed by atoms with Gasteiger partial charge in [0.25, 0.3) is 5.91 Å². The van der Waals surface area contributed by atoms with E-state index in [2.05, 4.69) is 27.9 Å². The predicted octanol–water partition coefficient (Wildman–Crippen LogP) is 3.45. The molecule has 1 fully saturated rings. The fraction of sp³-hybridized carbons (Fsp3) is 0.500. The summed E-state index contributed by atoms with van der Waals surface area (Å²) in [5.74, 6) is -0.981. The summed E-state index contributed by atoms with van der Waals surface area (Å²) in [6.07, 6.45) is 5.31. The molecule has 1 aliphatic rings. The van der Waals surface area contributed by atoms with Gasteiger partial charge in [-0.05, 0) is 53.6 Å². The minimum Gasteiger partial charge on any atom is -0.481 e. The molecule has 1 aliphatic carbocycles. The topological polar surface area (TPSA) is 66.4 Å². The number of carboxylic acids is 1. The molecule has 0 unspecified atom stereocenters. The number of nitrogens with one attached hydrogen (secondary N) is 1. The minimum absolute atomic E-state index is 0.196. The second-order valence-corrected chi connectivity index (χ2v) is 6.94. The molecule has 0 saturated heterocycles. The molecule has 1 saturated carbocycles. The van der Waals surface area contributed by atoms with Gasteiger partial charge in [0.05, 0.1) is 5.41 Å². The number of carbonyl (C=O) groups excluding carboxylic acids is 1. The largest absolute Gasteiger partial charge is 0.481 e. The van der Waals surface area contributed by atoms with Crippen LogP contribution in [0.1, 0.15) is 48.9 Å². The predicted molar refractivity (Wildman–Crippen MR) is 89.3 cm³/mol. The molecule has 0 aliphatic heterocycles. The SMILES string of the molecule is O=C(NCC1(C(=O)O)CCCCCC1)c1cccc(I)c1. The van der Waals surface area contributed by atoms with Gasteiger partial charge in [0, 0.05) is 15.7 Å². The molecule has 0 spiro atoms. The summed E-state index contributed by atoms with van der Waals surface area (Å²) in [6.45, 7) is 0.215. The number of carboxylic acid groups (broad SMARTS) is 1. The molecule has 1 amide bonds. The van der Waals surface area contributed by atoms with E-state index in [1.807, 2.05) is 12.1 Å². The fourth-order valence-corrected chi connectivity index (χ4v) is 3.40. The molecule has 0 aromatic heterocycles. The normalized spacial score (nSPS) is 17.8. The van der Waals surface area contributed by atoms with E-state index in [1.165, 1.54) is 0 Å². The highest BCUT2D eigenvalue weighted by Gasteiger charge is 2.38. The van der Waals surface area contributed by atoms with Crippen molar-refractivity contribution in [2.24, 2.45) is 5.41 Å². The fourth-order valence-electron chi connectivity index (χ4n) is 2.85. The van der Waals surface area contributed by atoms with Crippen LogP contribution in [-0.4, -0.2) is 23.5 Å². The number of aliphatic carboxylic acids is 1. The Kier molecular flexibility index (Phi) is 5.61. The van der Waals surface area contributed by atoms with E-state index < -0.39 is 11.4 Å². The van der Waals surface area contributed by atoms with Crippen LogP contribution < -0.4 is 5.32 Å². The second-order valence-electron chi connectivity index (χ2n) is 5.69. The maximum atomic E-state index is 12.2. The Morgan fingerprint density at radius 2 is 1.86 bits per heavy atom. The van der Waals surface area contributed by atoms with E-state index in [-0.39, 0.29) is 12.5 Å². The first-order valence-electron chi connectivity index (χ1n) is 7.31. The Balaban J connectivity index is 2.04. The first-order valence-corrected chi connectivity index (χ1v) is 8.39. The number of benzene rings is 1. The van der Waals surface area contributed by atoms with E-state index >= 15 is 0 Å². The zero-order valence-corrected chi connectivity index (χ0v) is 14.1. The molecule has 0 atom stereocenters. The third kappa shape index (κ3) is 4.18. The van der Waals surface area contributed by atoms with Crippen LogP contribution in [0.5, 0.6) is 0 Å². The van der Waals surface area contributed by atoms with Crippen LogP contribution >= 0.6 is 22.6 Å². The number of rotatable bonds is 4. The quantitative estimate of drug-likeness (QED) is 0.600. The molecular formula is C16H20INO3. The standard InChI is InChI=1S/C16H20INO3/c17-13-7-5-6-12(10-13)14(19)18-11-16(15(20)21)8-3-1-2-4-9-16/h5-7,10H,1-4,8-9,11H2,(H,18,19)(H,20,21). The molecule has 5 heteroatoms. The molecule has 1 aromatic carbocycles. The van der Waals surface area contributed by atoms with Gasteiger partial charge in [-0.3, -0.25) is 9.59 Å². The van der Waals surface area contributed by atoms with Gasteiger partial charge < -0.3 is 10.4 Å². The summed E-state index contributed by atoms with van der Waals surface area (Å²) in [4.78, 5) is 23.9. The van der Waals surface area contributed by atoms with Crippen LogP contribution in [0.2, 0.25) is 0 Å². The number of halogens is 1. The minimum atomic E-state index is -0.798. The number of amides is 1. The Bertz CT molecular complexity index is 522. The van der Waals surface area contributed by atoms with Crippen molar-refractivity contribution in [1.29, 1.82) is 0 Å². The van der Waals surface area contributed by atoms with Gasteiger partial charge in [-0.15, -0.1) is 0 Å². The van der Waals surface area contributed by atoms with Crippen molar-refractivity contribution in [3.8, 4) is 0 Å². The summed E-state index contributed by atoms with van der Waals surface area (Å²) in [5.41, 5.74) is -0.218. The van der Waals surface area contributed by atoms with Crippen LogP contribution in [0, 0.1) is 8.99 Å². The van der Waals surface area contributed by atoms with Crippen molar-refractivity contribution >= 4 is 34.5 Å². The molecule has 0 heterocycles. The van der Waals surface area contributed by atoms with Crippen LogP contribution in [0.3, 0.4) is 0 Å². The molecule has 1 aromatic rings. The van der Waals surface area contributed by atoms with E-state index in [9.17, 15) is 14.7 Å². The van der Waals surface area contributed by atoms with Crippen LogP contribution in [0.25, 0.3) is 0 Å². The molecule has 0 bridgehead atoms. The lowest BCUT2D eigenvalue weighted by Crippen LogP contribution is -2.42. The van der Waals surface area contributed by atoms with Gasteiger partial charge in [0.15, 0.2) is 0 Å². The molecular weight excluding hydrogens is 381 g/mol. The Labute approximate surface area is 138 Å². The molecule has 4 nitrogen and oxygen atoms in total. The van der Waals surface area contributed by atoms with Gasteiger partial charge in [-0.1, -0.05) is 31.7 Å². The van der Waals surface area contributed by atoms with E-state index in [4.69, 9.17) is 0 Å². The van der Waals surface area contributed by atoms with Gasteiger partial charge in [0.1, 0.15) is 0 Å². The van der Waals surface area contributed by atoms with Gasteiger partial charge in [-0.25, -0.2) is 0 Å². The Hall–Kier alpha value is -1.11. The van der Waals surface area contributed by atoms with Crippen LogP contribution in [-0.2, 0) is 4.79 Å². The van der Waals surface area contributed by atoms with Gasteiger partial charge in [0.2, 0.25) is 0 Å². The lowest BCUT2D eigenvalue weighted by Gasteiger charge is -2.28.